The van der Waals surface area contributed by atoms with E-state index in [1.807, 2.05) is 56.3 Å². The molecule has 1 N–H and O–H groups in total. The van der Waals surface area contributed by atoms with Crippen molar-refractivity contribution < 1.29 is 14.3 Å². The van der Waals surface area contributed by atoms with Crippen molar-refractivity contribution in [3.05, 3.63) is 59.2 Å². The predicted molar refractivity (Wildman–Crippen MR) is 95.7 cm³/mol. The first-order valence-electron chi connectivity index (χ1n) is 8.18. The van der Waals surface area contributed by atoms with Crippen molar-refractivity contribution in [3.8, 4) is 11.5 Å². The average molecular weight is 327 g/mol. The summed E-state index contributed by atoms with van der Waals surface area (Å²) < 4.78 is 10.7. The lowest BCUT2D eigenvalue weighted by atomic mass is 10.1. The molecule has 1 amide bonds. The van der Waals surface area contributed by atoms with Crippen LogP contribution in [0.25, 0.3) is 0 Å². The third-order valence-electron chi connectivity index (χ3n) is 3.83. The SMILES string of the molecule is COc1ccc(CCCNC(=O)COc2cc(C)ccc2C)cc1. The molecule has 0 aliphatic carbocycles. The Hall–Kier alpha value is -2.49. The minimum atomic E-state index is -0.0920. The summed E-state index contributed by atoms with van der Waals surface area (Å²) in [7, 11) is 1.66. The number of carbonyl (C=O) groups excluding carboxylic acids is 1. The van der Waals surface area contributed by atoms with E-state index in [-0.39, 0.29) is 12.5 Å². The lowest BCUT2D eigenvalue weighted by Crippen LogP contribution is -2.30. The molecule has 0 aliphatic rings. The van der Waals surface area contributed by atoms with E-state index in [0.29, 0.717) is 6.54 Å². The zero-order chi connectivity index (χ0) is 17.4. The summed E-state index contributed by atoms with van der Waals surface area (Å²) >= 11 is 0. The summed E-state index contributed by atoms with van der Waals surface area (Å²) in [5, 5.41) is 2.89. The lowest BCUT2D eigenvalue weighted by Gasteiger charge is -2.10. The van der Waals surface area contributed by atoms with Crippen molar-refractivity contribution in [1.29, 1.82) is 0 Å². The highest BCUT2D eigenvalue weighted by molar-refractivity contribution is 5.77. The van der Waals surface area contributed by atoms with Crippen LogP contribution >= 0.6 is 0 Å². The average Bonchev–Trinajstić information content (AvgIpc) is 2.60. The highest BCUT2D eigenvalue weighted by atomic mass is 16.5. The van der Waals surface area contributed by atoms with Gasteiger partial charge < -0.3 is 14.8 Å². The summed E-state index contributed by atoms with van der Waals surface area (Å²) in [4.78, 5) is 11.9. The van der Waals surface area contributed by atoms with Crippen LogP contribution in [0, 0.1) is 13.8 Å². The number of nitrogens with one attached hydrogen (secondary N) is 1. The molecule has 0 aromatic heterocycles. The summed E-state index contributed by atoms with van der Waals surface area (Å²) in [6, 6.07) is 14.0. The zero-order valence-corrected chi connectivity index (χ0v) is 14.6. The molecule has 0 saturated heterocycles. The Labute approximate surface area is 143 Å². The van der Waals surface area contributed by atoms with Crippen LogP contribution in [-0.2, 0) is 11.2 Å². The highest BCUT2D eigenvalue weighted by Crippen LogP contribution is 2.18. The van der Waals surface area contributed by atoms with E-state index in [1.165, 1.54) is 5.56 Å². The van der Waals surface area contributed by atoms with Gasteiger partial charge in [-0.1, -0.05) is 24.3 Å². The number of rotatable bonds is 8. The van der Waals surface area contributed by atoms with Crippen LogP contribution in [0.4, 0.5) is 0 Å². The number of hydrogen-bond donors (Lipinski definition) is 1. The second-order valence-corrected chi connectivity index (χ2v) is 5.86. The third kappa shape index (κ3) is 5.61. The number of ether oxygens (including phenoxy) is 2. The summed E-state index contributed by atoms with van der Waals surface area (Å²) in [6.45, 7) is 4.67. The van der Waals surface area contributed by atoms with Crippen LogP contribution in [0.2, 0.25) is 0 Å². The summed E-state index contributed by atoms with van der Waals surface area (Å²) in [5.74, 6) is 1.53. The molecular formula is C20H25NO3. The van der Waals surface area contributed by atoms with Gasteiger partial charge in [0.1, 0.15) is 11.5 Å². The van der Waals surface area contributed by atoms with Gasteiger partial charge in [-0.3, -0.25) is 4.79 Å². The van der Waals surface area contributed by atoms with Crippen LogP contribution in [0.15, 0.2) is 42.5 Å². The van der Waals surface area contributed by atoms with Crippen LogP contribution in [0.3, 0.4) is 0 Å². The molecule has 0 spiro atoms. The molecule has 0 fully saturated rings. The number of benzene rings is 2. The van der Waals surface area contributed by atoms with E-state index in [9.17, 15) is 4.79 Å². The number of hydrogen-bond acceptors (Lipinski definition) is 3. The fourth-order valence-corrected chi connectivity index (χ4v) is 2.37. The van der Waals surface area contributed by atoms with Crippen molar-refractivity contribution in [3.63, 3.8) is 0 Å². The highest BCUT2D eigenvalue weighted by Gasteiger charge is 2.05. The predicted octanol–water partition coefficient (Wildman–Crippen LogP) is 3.44. The van der Waals surface area contributed by atoms with E-state index in [2.05, 4.69) is 5.32 Å². The lowest BCUT2D eigenvalue weighted by molar-refractivity contribution is -0.123. The molecule has 128 valence electrons. The molecule has 0 radical (unpaired) electrons. The van der Waals surface area contributed by atoms with E-state index in [4.69, 9.17) is 9.47 Å². The topological polar surface area (TPSA) is 47.6 Å². The van der Waals surface area contributed by atoms with Crippen LogP contribution < -0.4 is 14.8 Å². The first-order chi connectivity index (χ1) is 11.6. The first kappa shape index (κ1) is 17.9. The van der Waals surface area contributed by atoms with Crippen molar-refractivity contribution in [2.45, 2.75) is 26.7 Å². The van der Waals surface area contributed by atoms with Crippen LogP contribution in [0.5, 0.6) is 11.5 Å². The van der Waals surface area contributed by atoms with Gasteiger partial charge in [0.05, 0.1) is 7.11 Å². The normalized spacial score (nSPS) is 10.3. The Morgan fingerprint density at radius 1 is 1.08 bits per heavy atom. The second-order valence-electron chi connectivity index (χ2n) is 5.86. The second kappa shape index (κ2) is 8.96. The quantitative estimate of drug-likeness (QED) is 0.756. The number of amides is 1. The number of methoxy groups -OCH3 is 1. The van der Waals surface area contributed by atoms with Crippen LogP contribution in [-0.4, -0.2) is 26.2 Å². The molecule has 4 nitrogen and oxygen atoms in total. The first-order valence-corrected chi connectivity index (χ1v) is 8.18. The number of carbonyl (C=O) groups is 1. The molecular weight excluding hydrogens is 302 g/mol. The Kier molecular flexibility index (Phi) is 6.67. The Morgan fingerprint density at radius 3 is 2.54 bits per heavy atom. The van der Waals surface area contributed by atoms with Gasteiger partial charge in [-0.05, 0) is 61.6 Å². The van der Waals surface area contributed by atoms with Gasteiger partial charge in [-0.15, -0.1) is 0 Å². The Balaban J connectivity index is 1.66. The molecule has 0 unspecified atom stereocenters. The largest absolute Gasteiger partial charge is 0.497 e. The maximum Gasteiger partial charge on any atom is 0.257 e. The zero-order valence-electron chi connectivity index (χ0n) is 14.6. The van der Waals surface area contributed by atoms with Crippen molar-refractivity contribution in [2.24, 2.45) is 0 Å². The smallest absolute Gasteiger partial charge is 0.257 e. The molecule has 2 aromatic rings. The fraction of sp³-hybridized carbons (Fsp3) is 0.350. The maximum atomic E-state index is 11.9. The van der Waals surface area contributed by atoms with Gasteiger partial charge in [0.15, 0.2) is 6.61 Å². The molecule has 0 heterocycles. The van der Waals surface area contributed by atoms with Crippen molar-refractivity contribution in [2.75, 3.05) is 20.3 Å². The molecule has 0 atom stereocenters. The monoisotopic (exact) mass is 327 g/mol. The van der Waals surface area contributed by atoms with Gasteiger partial charge in [0.2, 0.25) is 0 Å². The van der Waals surface area contributed by atoms with E-state index in [0.717, 1.165) is 35.5 Å². The Morgan fingerprint density at radius 2 is 1.83 bits per heavy atom. The molecule has 2 aromatic carbocycles. The minimum absolute atomic E-state index is 0.0484. The molecule has 4 heteroatoms. The van der Waals surface area contributed by atoms with Crippen molar-refractivity contribution in [1.82, 2.24) is 5.32 Å². The molecule has 0 aliphatic heterocycles. The molecule has 0 bridgehead atoms. The van der Waals surface area contributed by atoms with Gasteiger partial charge in [-0.2, -0.15) is 0 Å². The van der Waals surface area contributed by atoms with Gasteiger partial charge in [0, 0.05) is 6.54 Å². The standard InChI is InChI=1S/C20H25NO3/c1-15-6-7-16(2)19(13-15)24-14-20(22)21-12-4-5-17-8-10-18(23-3)11-9-17/h6-11,13H,4-5,12,14H2,1-3H3,(H,21,22). The number of aryl methyl sites for hydroxylation is 3. The maximum absolute atomic E-state index is 11.9. The van der Waals surface area contributed by atoms with Crippen molar-refractivity contribution >= 4 is 5.91 Å². The van der Waals surface area contributed by atoms with Gasteiger partial charge >= 0.3 is 0 Å². The van der Waals surface area contributed by atoms with E-state index in [1.54, 1.807) is 7.11 Å². The third-order valence-corrected chi connectivity index (χ3v) is 3.83. The minimum Gasteiger partial charge on any atom is -0.497 e. The van der Waals surface area contributed by atoms with Crippen LogP contribution in [0.1, 0.15) is 23.1 Å². The fourth-order valence-electron chi connectivity index (χ4n) is 2.37. The Bertz CT molecular complexity index is 665. The molecule has 2 rings (SSSR count). The summed E-state index contributed by atoms with van der Waals surface area (Å²) in [6.07, 6.45) is 1.81. The van der Waals surface area contributed by atoms with Gasteiger partial charge in [0.25, 0.3) is 5.91 Å². The summed E-state index contributed by atoms with van der Waals surface area (Å²) in [5.41, 5.74) is 3.39. The van der Waals surface area contributed by atoms with E-state index < -0.39 is 0 Å². The van der Waals surface area contributed by atoms with E-state index >= 15 is 0 Å². The van der Waals surface area contributed by atoms with Gasteiger partial charge in [-0.25, -0.2) is 0 Å². The molecule has 0 saturated carbocycles. The molecule has 24 heavy (non-hydrogen) atoms.